The van der Waals surface area contributed by atoms with Crippen LogP contribution in [0.4, 0.5) is 0 Å². The number of methoxy groups -OCH3 is 1. The molecule has 3 rings (SSSR count). The Labute approximate surface area is 150 Å². The van der Waals surface area contributed by atoms with Gasteiger partial charge < -0.3 is 14.8 Å². The Morgan fingerprint density at radius 2 is 2.04 bits per heavy atom. The Balaban J connectivity index is 1.45. The maximum absolute atomic E-state index is 12.1. The second kappa shape index (κ2) is 8.41. The van der Waals surface area contributed by atoms with E-state index in [0.29, 0.717) is 11.8 Å². The fourth-order valence-electron chi connectivity index (χ4n) is 2.90. The average molecular weight is 359 g/mol. The van der Waals surface area contributed by atoms with Crippen molar-refractivity contribution in [3.63, 3.8) is 0 Å². The fourth-order valence-corrected chi connectivity index (χ4v) is 2.90. The van der Waals surface area contributed by atoms with E-state index in [2.05, 4.69) is 20.4 Å². The Morgan fingerprint density at radius 1 is 1.27 bits per heavy atom. The largest absolute Gasteiger partial charge is 0.480 e. The van der Waals surface area contributed by atoms with Crippen LogP contribution in [0.15, 0.2) is 35.5 Å². The zero-order valence-corrected chi connectivity index (χ0v) is 14.5. The molecule has 2 aromatic heterocycles. The average Bonchev–Trinajstić information content (AvgIpc) is 2.65. The lowest BCUT2D eigenvalue weighted by molar-refractivity contribution is -0.123. The third-order valence-corrected chi connectivity index (χ3v) is 4.20. The molecule has 2 aromatic rings. The van der Waals surface area contributed by atoms with Crippen molar-refractivity contribution in [1.29, 1.82) is 0 Å². The molecule has 0 atom stereocenters. The molecule has 9 heteroatoms. The van der Waals surface area contributed by atoms with Crippen molar-refractivity contribution in [3.8, 4) is 11.8 Å². The molecule has 0 saturated heterocycles. The van der Waals surface area contributed by atoms with Crippen molar-refractivity contribution < 1.29 is 14.3 Å². The van der Waals surface area contributed by atoms with Gasteiger partial charge in [-0.1, -0.05) is 0 Å². The first-order chi connectivity index (χ1) is 12.6. The van der Waals surface area contributed by atoms with E-state index >= 15 is 0 Å². The van der Waals surface area contributed by atoms with E-state index < -0.39 is 0 Å². The third-order valence-electron chi connectivity index (χ3n) is 4.20. The molecule has 1 aliphatic rings. The molecular weight excluding hydrogens is 338 g/mol. The normalized spacial score (nSPS) is 19.6. The van der Waals surface area contributed by atoms with Crippen LogP contribution < -0.4 is 20.3 Å². The number of amides is 1. The van der Waals surface area contributed by atoms with Crippen molar-refractivity contribution in [2.45, 2.75) is 44.4 Å². The second-order valence-corrected chi connectivity index (χ2v) is 6.08. The van der Waals surface area contributed by atoms with Gasteiger partial charge in [0.25, 0.3) is 5.56 Å². The quantitative estimate of drug-likeness (QED) is 0.802. The molecule has 1 fully saturated rings. The predicted octanol–water partition coefficient (Wildman–Crippen LogP) is 0.548. The standard InChI is InChI=1S/C17H21N5O4/c1-25-15-9-18-10-16(21-15)26-13-6-4-12(5-7-13)20-14(23)11-22-17(24)3-2-8-19-22/h2-3,8-10,12-13H,4-7,11H2,1H3,(H,20,23). The van der Waals surface area contributed by atoms with Crippen LogP contribution in [0.2, 0.25) is 0 Å². The highest BCUT2D eigenvalue weighted by molar-refractivity contribution is 5.75. The summed E-state index contributed by atoms with van der Waals surface area (Å²) in [7, 11) is 1.53. The van der Waals surface area contributed by atoms with E-state index in [-0.39, 0.29) is 30.2 Å². The van der Waals surface area contributed by atoms with Crippen LogP contribution in [0.3, 0.4) is 0 Å². The number of hydrogen-bond acceptors (Lipinski definition) is 7. The molecule has 26 heavy (non-hydrogen) atoms. The molecular formula is C17H21N5O4. The topological polar surface area (TPSA) is 108 Å². The van der Waals surface area contributed by atoms with Gasteiger partial charge in [-0.05, 0) is 31.7 Å². The molecule has 1 saturated carbocycles. The molecule has 0 spiro atoms. The minimum atomic E-state index is -0.292. The van der Waals surface area contributed by atoms with E-state index in [1.807, 2.05) is 0 Å². The van der Waals surface area contributed by atoms with E-state index in [1.165, 1.54) is 25.6 Å². The van der Waals surface area contributed by atoms with Gasteiger partial charge in [-0.2, -0.15) is 10.1 Å². The van der Waals surface area contributed by atoms with Gasteiger partial charge in [0.1, 0.15) is 12.6 Å². The maximum atomic E-state index is 12.1. The van der Waals surface area contributed by atoms with Gasteiger partial charge in [-0.15, -0.1) is 0 Å². The zero-order valence-electron chi connectivity index (χ0n) is 14.5. The number of ether oxygens (including phenoxy) is 2. The molecule has 1 aliphatic carbocycles. The summed E-state index contributed by atoms with van der Waals surface area (Å²) in [5.74, 6) is 0.633. The SMILES string of the molecule is COc1cncc(OC2CCC(NC(=O)Cn3ncccc3=O)CC2)n1. The predicted molar refractivity (Wildman–Crippen MR) is 91.9 cm³/mol. The van der Waals surface area contributed by atoms with Crippen LogP contribution in [-0.4, -0.2) is 44.9 Å². The van der Waals surface area contributed by atoms with Crippen molar-refractivity contribution in [1.82, 2.24) is 25.1 Å². The number of nitrogens with one attached hydrogen (secondary N) is 1. The number of rotatable bonds is 6. The van der Waals surface area contributed by atoms with E-state index in [9.17, 15) is 9.59 Å². The Hall–Kier alpha value is -2.97. The molecule has 1 N–H and O–H groups in total. The first-order valence-corrected chi connectivity index (χ1v) is 8.48. The smallest absolute Gasteiger partial charge is 0.267 e. The lowest BCUT2D eigenvalue weighted by atomic mass is 9.93. The number of carbonyl (C=O) groups excluding carboxylic acids is 1. The van der Waals surface area contributed by atoms with Crippen LogP contribution in [0.5, 0.6) is 11.8 Å². The summed E-state index contributed by atoms with van der Waals surface area (Å²) in [4.78, 5) is 31.9. The molecule has 0 radical (unpaired) electrons. The highest BCUT2D eigenvalue weighted by Crippen LogP contribution is 2.23. The van der Waals surface area contributed by atoms with Gasteiger partial charge in [0, 0.05) is 18.3 Å². The lowest BCUT2D eigenvalue weighted by Crippen LogP contribution is -2.42. The molecule has 0 bridgehead atoms. The van der Waals surface area contributed by atoms with Gasteiger partial charge in [-0.3, -0.25) is 14.6 Å². The summed E-state index contributed by atoms with van der Waals surface area (Å²) in [6.45, 7) is -0.0739. The molecule has 138 valence electrons. The summed E-state index contributed by atoms with van der Waals surface area (Å²) in [5, 5.41) is 6.84. The van der Waals surface area contributed by atoms with E-state index in [0.717, 1.165) is 30.4 Å². The third kappa shape index (κ3) is 4.78. The highest BCUT2D eigenvalue weighted by atomic mass is 16.5. The minimum absolute atomic E-state index is 0.0305. The van der Waals surface area contributed by atoms with Gasteiger partial charge in [0.05, 0.1) is 19.5 Å². The Kier molecular flexibility index (Phi) is 5.77. The second-order valence-electron chi connectivity index (χ2n) is 6.08. The van der Waals surface area contributed by atoms with Crippen LogP contribution in [0, 0.1) is 0 Å². The van der Waals surface area contributed by atoms with E-state index in [1.54, 1.807) is 12.3 Å². The monoisotopic (exact) mass is 359 g/mol. The first-order valence-electron chi connectivity index (χ1n) is 8.48. The fraction of sp³-hybridized carbons (Fsp3) is 0.471. The molecule has 1 amide bonds. The lowest BCUT2D eigenvalue weighted by Gasteiger charge is -2.29. The van der Waals surface area contributed by atoms with Crippen molar-refractivity contribution in [3.05, 3.63) is 41.1 Å². The summed E-state index contributed by atoms with van der Waals surface area (Å²) in [6.07, 6.45) is 7.78. The zero-order chi connectivity index (χ0) is 18.4. The van der Waals surface area contributed by atoms with Gasteiger partial charge in [0.15, 0.2) is 0 Å². The van der Waals surface area contributed by atoms with Gasteiger partial charge in [-0.25, -0.2) is 4.68 Å². The number of aromatic nitrogens is 4. The van der Waals surface area contributed by atoms with Crippen LogP contribution in [-0.2, 0) is 11.3 Å². The summed E-state index contributed by atoms with van der Waals surface area (Å²) >= 11 is 0. The van der Waals surface area contributed by atoms with Gasteiger partial charge in [0.2, 0.25) is 17.7 Å². The van der Waals surface area contributed by atoms with Crippen molar-refractivity contribution in [2.24, 2.45) is 0 Å². The van der Waals surface area contributed by atoms with Crippen molar-refractivity contribution >= 4 is 5.91 Å². The summed E-state index contributed by atoms with van der Waals surface area (Å²) < 4.78 is 12.0. The Bertz CT molecular complexity index is 801. The summed E-state index contributed by atoms with van der Waals surface area (Å²) in [6, 6.07) is 2.99. The Morgan fingerprint density at radius 3 is 2.77 bits per heavy atom. The molecule has 0 aliphatic heterocycles. The number of carbonyl (C=O) groups is 1. The van der Waals surface area contributed by atoms with Crippen molar-refractivity contribution in [2.75, 3.05) is 7.11 Å². The van der Waals surface area contributed by atoms with Crippen LogP contribution in [0.25, 0.3) is 0 Å². The molecule has 0 aromatic carbocycles. The summed E-state index contributed by atoms with van der Waals surface area (Å²) in [5.41, 5.74) is -0.292. The number of hydrogen-bond donors (Lipinski definition) is 1. The maximum Gasteiger partial charge on any atom is 0.267 e. The van der Waals surface area contributed by atoms with E-state index in [4.69, 9.17) is 9.47 Å². The highest BCUT2D eigenvalue weighted by Gasteiger charge is 2.24. The molecule has 9 nitrogen and oxygen atoms in total. The first kappa shape index (κ1) is 17.8. The molecule has 0 unspecified atom stereocenters. The number of nitrogens with zero attached hydrogens (tertiary/aromatic N) is 4. The van der Waals surface area contributed by atoms with Gasteiger partial charge >= 0.3 is 0 Å². The van der Waals surface area contributed by atoms with Crippen LogP contribution >= 0.6 is 0 Å². The van der Waals surface area contributed by atoms with Crippen LogP contribution in [0.1, 0.15) is 25.7 Å². The molecule has 2 heterocycles. The minimum Gasteiger partial charge on any atom is -0.480 e.